The molecule has 0 radical (unpaired) electrons. The number of fused-ring (bicyclic) bond motifs is 1. The van der Waals surface area contributed by atoms with Crippen molar-refractivity contribution in [3.63, 3.8) is 0 Å². The van der Waals surface area contributed by atoms with Crippen LogP contribution in [0.15, 0.2) is 107 Å². The second-order valence-electron chi connectivity index (χ2n) is 11.3. The van der Waals surface area contributed by atoms with Crippen molar-refractivity contribution in [2.75, 3.05) is 18.4 Å². The molecule has 232 valence electrons. The average molecular weight is 625 g/mol. The molecule has 1 atom stereocenters. The Hall–Kier alpha value is -6.16. The van der Waals surface area contributed by atoms with E-state index >= 15 is 0 Å². The number of carbonyl (C=O) groups is 1. The van der Waals surface area contributed by atoms with Crippen molar-refractivity contribution in [1.82, 2.24) is 29.2 Å². The second-order valence-corrected chi connectivity index (χ2v) is 11.3. The number of aromatic nitrogens is 5. The van der Waals surface area contributed by atoms with E-state index in [0.717, 1.165) is 40.8 Å². The largest absolute Gasteiger partial charge is 0.392 e. The fourth-order valence-corrected chi connectivity index (χ4v) is 5.94. The molecule has 0 aliphatic carbocycles. The number of aliphatic hydroxyl groups excluding tert-OH is 1. The number of aliphatic hydroxyl groups is 1. The summed E-state index contributed by atoms with van der Waals surface area (Å²) in [7, 11) is 0. The summed E-state index contributed by atoms with van der Waals surface area (Å²) in [6, 6.07) is 26.9. The standard InChI is InChI=1S/C35H28N8O4/c36-18-30-31-32(43(40-30)27-8-3-6-23(17-27)24-7-4-15-37-19-24)33(45)42(35(47)39-31)34(46)38-26-12-10-22(11-13-26)29-9-2-1-5-25(29)20-41-16-14-28(44)21-41/h1-13,15,17,19,28,44H,14,16,20-21H2,(H,38,46)(H,39,47). The zero-order chi connectivity index (χ0) is 32.5. The quantitative estimate of drug-likeness (QED) is 0.249. The summed E-state index contributed by atoms with van der Waals surface area (Å²) >= 11 is 0. The Balaban J connectivity index is 1.19. The molecule has 7 rings (SSSR count). The number of hydrogen-bond donors (Lipinski definition) is 3. The highest BCUT2D eigenvalue weighted by Crippen LogP contribution is 2.28. The van der Waals surface area contributed by atoms with E-state index in [1.807, 2.05) is 48.5 Å². The van der Waals surface area contributed by atoms with Crippen LogP contribution in [0.1, 0.15) is 17.7 Å². The molecule has 3 N–H and O–H groups in total. The van der Waals surface area contributed by atoms with E-state index in [1.165, 1.54) is 4.68 Å². The first-order valence-corrected chi connectivity index (χ1v) is 15.0. The van der Waals surface area contributed by atoms with Gasteiger partial charge in [-0.3, -0.25) is 14.7 Å². The summed E-state index contributed by atoms with van der Waals surface area (Å²) in [6.45, 7) is 2.18. The fourth-order valence-electron chi connectivity index (χ4n) is 5.94. The van der Waals surface area contributed by atoms with Crippen molar-refractivity contribution in [3.8, 4) is 34.0 Å². The summed E-state index contributed by atoms with van der Waals surface area (Å²) < 4.78 is 1.71. The SMILES string of the molecule is N#Cc1nn(-c2cccc(-c3cccnc3)c2)c2c(=O)n(C(=O)Nc3ccc(-c4ccccc4CN4CCC(O)C4)cc3)c(=O)[nH]c12. The van der Waals surface area contributed by atoms with Crippen LogP contribution in [0.2, 0.25) is 0 Å². The highest BCUT2D eigenvalue weighted by atomic mass is 16.3. The number of benzene rings is 3. The van der Waals surface area contributed by atoms with Gasteiger partial charge in [-0.1, -0.05) is 54.6 Å². The lowest BCUT2D eigenvalue weighted by Gasteiger charge is -2.18. The van der Waals surface area contributed by atoms with Crippen LogP contribution in [0, 0.1) is 11.3 Å². The second kappa shape index (κ2) is 12.3. The van der Waals surface area contributed by atoms with Crippen LogP contribution in [-0.4, -0.2) is 59.5 Å². The molecule has 0 saturated carbocycles. The number of β-amino-alcohol motifs (C(OH)–C–C–N with tert-alkyl or cyclic N) is 1. The van der Waals surface area contributed by atoms with Crippen LogP contribution in [-0.2, 0) is 6.54 Å². The third kappa shape index (κ3) is 5.72. The molecule has 3 aromatic carbocycles. The van der Waals surface area contributed by atoms with Crippen LogP contribution in [0.3, 0.4) is 0 Å². The molecular weight excluding hydrogens is 596 g/mol. The van der Waals surface area contributed by atoms with Crippen molar-refractivity contribution in [1.29, 1.82) is 5.26 Å². The minimum atomic E-state index is -1.00. The molecule has 6 aromatic rings. The van der Waals surface area contributed by atoms with Crippen molar-refractivity contribution in [2.24, 2.45) is 0 Å². The van der Waals surface area contributed by atoms with Crippen LogP contribution in [0.4, 0.5) is 10.5 Å². The summed E-state index contributed by atoms with van der Waals surface area (Å²) in [6.07, 6.45) is 3.82. The number of nitrogens with one attached hydrogen (secondary N) is 2. The Morgan fingerprint density at radius 1 is 1.00 bits per heavy atom. The number of anilines is 1. The van der Waals surface area contributed by atoms with E-state index in [-0.39, 0.29) is 22.8 Å². The van der Waals surface area contributed by atoms with Crippen molar-refractivity contribution < 1.29 is 9.90 Å². The van der Waals surface area contributed by atoms with Gasteiger partial charge in [-0.15, -0.1) is 0 Å². The molecule has 1 unspecified atom stereocenters. The lowest BCUT2D eigenvalue weighted by Crippen LogP contribution is -2.42. The number of nitrogens with zero attached hydrogens (tertiary/aromatic N) is 6. The lowest BCUT2D eigenvalue weighted by molar-refractivity contribution is 0.175. The van der Waals surface area contributed by atoms with Gasteiger partial charge in [-0.25, -0.2) is 14.3 Å². The zero-order valence-electron chi connectivity index (χ0n) is 25.0. The number of pyridine rings is 1. The summed E-state index contributed by atoms with van der Waals surface area (Å²) in [5, 5.41) is 26.6. The number of rotatable bonds is 6. The molecule has 3 aromatic heterocycles. The number of amides is 1. The number of aromatic amines is 1. The molecule has 12 heteroatoms. The predicted molar refractivity (Wildman–Crippen MR) is 176 cm³/mol. The highest BCUT2D eigenvalue weighted by molar-refractivity contribution is 5.93. The first-order valence-electron chi connectivity index (χ1n) is 15.0. The Bertz CT molecular complexity index is 2280. The van der Waals surface area contributed by atoms with Gasteiger partial charge in [0.05, 0.1) is 11.8 Å². The molecule has 47 heavy (non-hydrogen) atoms. The topological polar surface area (TPSA) is 162 Å². The summed E-state index contributed by atoms with van der Waals surface area (Å²) in [5.41, 5.74) is 3.23. The first-order chi connectivity index (χ1) is 22.9. The van der Waals surface area contributed by atoms with E-state index in [9.17, 15) is 24.8 Å². The summed E-state index contributed by atoms with van der Waals surface area (Å²) in [5.74, 6) is 0. The van der Waals surface area contributed by atoms with Gasteiger partial charge in [0, 0.05) is 43.3 Å². The maximum atomic E-state index is 13.8. The number of hydrogen-bond acceptors (Lipinski definition) is 8. The van der Waals surface area contributed by atoms with Gasteiger partial charge < -0.3 is 15.4 Å². The molecule has 0 bridgehead atoms. The smallest absolute Gasteiger partial charge is 0.337 e. The van der Waals surface area contributed by atoms with Crippen LogP contribution >= 0.6 is 0 Å². The predicted octanol–water partition coefficient (Wildman–Crippen LogP) is 4.12. The zero-order valence-corrected chi connectivity index (χ0v) is 25.0. The van der Waals surface area contributed by atoms with Crippen LogP contribution in [0.5, 0.6) is 0 Å². The maximum Gasteiger partial charge on any atom is 0.337 e. The molecule has 1 fully saturated rings. The van der Waals surface area contributed by atoms with Gasteiger partial charge in [-0.2, -0.15) is 14.9 Å². The van der Waals surface area contributed by atoms with Gasteiger partial charge in [-0.05, 0) is 59.0 Å². The Morgan fingerprint density at radius 3 is 2.55 bits per heavy atom. The molecule has 1 amide bonds. The normalized spacial score (nSPS) is 14.7. The fraction of sp³-hybridized carbons (Fsp3) is 0.143. The molecule has 1 saturated heterocycles. The van der Waals surface area contributed by atoms with Gasteiger partial charge in [0.15, 0.2) is 11.2 Å². The number of carbonyl (C=O) groups excluding carboxylic acids is 1. The van der Waals surface area contributed by atoms with Gasteiger partial charge in [0.1, 0.15) is 11.6 Å². The van der Waals surface area contributed by atoms with E-state index in [2.05, 4.69) is 31.3 Å². The third-order valence-corrected chi connectivity index (χ3v) is 8.23. The van der Waals surface area contributed by atoms with Crippen molar-refractivity contribution >= 4 is 22.8 Å². The summed E-state index contributed by atoms with van der Waals surface area (Å²) in [4.78, 5) is 49.1. The van der Waals surface area contributed by atoms with Gasteiger partial charge in [0.25, 0.3) is 5.56 Å². The Morgan fingerprint density at radius 2 is 1.81 bits per heavy atom. The number of nitriles is 1. The van der Waals surface area contributed by atoms with Crippen molar-refractivity contribution in [3.05, 3.63) is 129 Å². The Labute approximate surface area is 267 Å². The average Bonchev–Trinajstić information content (AvgIpc) is 3.68. The molecule has 1 aliphatic heterocycles. The van der Waals surface area contributed by atoms with Crippen molar-refractivity contribution in [2.45, 2.75) is 19.1 Å². The Kier molecular flexibility index (Phi) is 7.75. The number of H-pyrrole nitrogens is 1. The number of likely N-dealkylation sites (tertiary alicyclic amines) is 1. The van der Waals surface area contributed by atoms with Gasteiger partial charge in [0.2, 0.25) is 0 Å². The first kappa shape index (κ1) is 29.5. The van der Waals surface area contributed by atoms with E-state index < -0.39 is 17.3 Å². The lowest BCUT2D eigenvalue weighted by atomic mass is 9.99. The van der Waals surface area contributed by atoms with Crippen LogP contribution in [0.25, 0.3) is 39.0 Å². The van der Waals surface area contributed by atoms with E-state index in [0.29, 0.717) is 29.0 Å². The maximum absolute atomic E-state index is 13.8. The molecule has 4 heterocycles. The van der Waals surface area contributed by atoms with E-state index in [4.69, 9.17) is 0 Å². The molecular formula is C35H28N8O4. The molecule has 12 nitrogen and oxygen atoms in total. The minimum Gasteiger partial charge on any atom is -0.392 e. The highest BCUT2D eigenvalue weighted by Gasteiger charge is 2.23. The van der Waals surface area contributed by atoms with Crippen LogP contribution < -0.4 is 16.6 Å². The molecule has 1 aliphatic rings. The third-order valence-electron chi connectivity index (χ3n) is 8.23. The molecule has 0 spiro atoms. The monoisotopic (exact) mass is 624 g/mol. The van der Waals surface area contributed by atoms with E-state index in [1.54, 1.807) is 48.8 Å². The van der Waals surface area contributed by atoms with Gasteiger partial charge >= 0.3 is 11.7 Å². The minimum absolute atomic E-state index is 0.0650.